The molecular formula is C14H9Br2NO2S. The Morgan fingerprint density at radius 1 is 1.40 bits per heavy atom. The van der Waals surface area contributed by atoms with Crippen LogP contribution in [0.25, 0.3) is 0 Å². The molecule has 0 aliphatic rings. The van der Waals surface area contributed by atoms with Crippen LogP contribution in [0, 0.1) is 11.3 Å². The third kappa shape index (κ3) is 2.95. The number of benzene rings is 1. The molecule has 20 heavy (non-hydrogen) atoms. The molecule has 0 spiro atoms. The van der Waals surface area contributed by atoms with Crippen LogP contribution in [0.1, 0.15) is 21.8 Å². The molecule has 1 heterocycles. The van der Waals surface area contributed by atoms with Crippen molar-refractivity contribution in [3.05, 3.63) is 49.0 Å². The van der Waals surface area contributed by atoms with E-state index in [4.69, 9.17) is 4.74 Å². The van der Waals surface area contributed by atoms with Gasteiger partial charge in [-0.3, -0.25) is 4.79 Å². The van der Waals surface area contributed by atoms with Crippen LogP contribution in [0.2, 0.25) is 0 Å². The third-order valence-corrected chi connectivity index (χ3v) is 5.10. The van der Waals surface area contributed by atoms with Crippen molar-refractivity contribution >= 4 is 49.0 Å². The number of nitrogens with zero attached hydrogens (tertiary/aromatic N) is 1. The number of methoxy groups -OCH3 is 1. The largest absolute Gasteiger partial charge is 0.496 e. The Balaban J connectivity index is 2.45. The number of rotatable bonds is 4. The molecule has 1 aromatic heterocycles. The van der Waals surface area contributed by atoms with Crippen molar-refractivity contribution in [3.8, 4) is 11.8 Å². The Hall–Kier alpha value is -1.16. The topological polar surface area (TPSA) is 50.1 Å². The number of carbonyl (C=O) groups excluding carboxylic acids is 1. The Morgan fingerprint density at radius 3 is 2.65 bits per heavy atom. The summed E-state index contributed by atoms with van der Waals surface area (Å²) in [4.78, 5) is 12.6. The van der Waals surface area contributed by atoms with Crippen molar-refractivity contribution in [1.29, 1.82) is 5.26 Å². The highest BCUT2D eigenvalue weighted by atomic mass is 79.9. The second-order valence-electron chi connectivity index (χ2n) is 3.91. The number of nitriles is 1. The summed E-state index contributed by atoms with van der Waals surface area (Å²) >= 11 is 8.09. The van der Waals surface area contributed by atoms with Crippen LogP contribution in [0.5, 0.6) is 5.75 Å². The Bertz CT molecular complexity index is 691. The Labute approximate surface area is 137 Å². The Morgan fingerprint density at radius 2 is 2.10 bits per heavy atom. The Kier molecular flexibility index (Phi) is 4.97. The van der Waals surface area contributed by atoms with Crippen LogP contribution in [0.15, 0.2) is 37.9 Å². The fraction of sp³-hybridized carbons (Fsp3) is 0.143. The van der Waals surface area contributed by atoms with Crippen LogP contribution in [0.4, 0.5) is 0 Å². The lowest BCUT2D eigenvalue weighted by Gasteiger charge is -2.12. The maximum Gasteiger partial charge on any atom is 0.186 e. The van der Waals surface area contributed by atoms with E-state index in [9.17, 15) is 10.1 Å². The number of Topliss-reactive ketones (excluding diaryl/α,β-unsaturated/α-hetero) is 1. The molecule has 0 fully saturated rings. The summed E-state index contributed by atoms with van der Waals surface area (Å²) < 4.78 is 6.78. The first-order valence-electron chi connectivity index (χ1n) is 5.60. The summed E-state index contributed by atoms with van der Waals surface area (Å²) in [6.45, 7) is 0. The number of hydrogen-bond donors (Lipinski definition) is 0. The molecule has 1 unspecified atom stereocenters. The van der Waals surface area contributed by atoms with Gasteiger partial charge in [-0.1, -0.05) is 18.2 Å². The first kappa shape index (κ1) is 15.2. The zero-order valence-electron chi connectivity index (χ0n) is 10.4. The molecule has 0 amide bonds. The fourth-order valence-corrected chi connectivity index (χ4v) is 4.65. The van der Waals surface area contributed by atoms with E-state index in [1.54, 1.807) is 30.3 Å². The molecule has 0 radical (unpaired) electrons. The lowest BCUT2D eigenvalue weighted by atomic mass is 9.92. The van der Waals surface area contributed by atoms with Gasteiger partial charge in [0, 0.05) is 11.1 Å². The number of halogens is 2. The molecule has 6 heteroatoms. The van der Waals surface area contributed by atoms with Gasteiger partial charge in [0.15, 0.2) is 5.78 Å². The minimum atomic E-state index is -0.885. The minimum absolute atomic E-state index is 0.245. The maximum absolute atomic E-state index is 12.6. The molecule has 0 bridgehead atoms. The monoisotopic (exact) mass is 413 g/mol. The van der Waals surface area contributed by atoms with Gasteiger partial charge < -0.3 is 4.74 Å². The lowest BCUT2D eigenvalue weighted by Crippen LogP contribution is -2.12. The number of para-hydroxylation sites is 1. The SMILES string of the molecule is COc1ccccc1C(C#N)C(=O)c1cc(Br)sc1Br. The second-order valence-corrected chi connectivity index (χ2v) is 7.66. The van der Waals surface area contributed by atoms with E-state index in [0.717, 1.165) is 3.79 Å². The average molecular weight is 415 g/mol. The summed E-state index contributed by atoms with van der Waals surface area (Å²) in [6.07, 6.45) is 0. The van der Waals surface area contributed by atoms with Crippen molar-refractivity contribution in [3.63, 3.8) is 0 Å². The molecule has 0 saturated carbocycles. The summed E-state index contributed by atoms with van der Waals surface area (Å²) in [7, 11) is 1.52. The number of ether oxygens (including phenoxy) is 1. The second kappa shape index (κ2) is 6.53. The van der Waals surface area contributed by atoms with Crippen molar-refractivity contribution < 1.29 is 9.53 Å². The zero-order valence-corrected chi connectivity index (χ0v) is 14.4. The van der Waals surface area contributed by atoms with Crippen molar-refractivity contribution in [2.75, 3.05) is 7.11 Å². The van der Waals surface area contributed by atoms with E-state index in [-0.39, 0.29) is 5.78 Å². The normalized spacial score (nSPS) is 11.7. The minimum Gasteiger partial charge on any atom is -0.496 e. The summed E-state index contributed by atoms with van der Waals surface area (Å²) in [5.41, 5.74) is 1.08. The van der Waals surface area contributed by atoms with Crippen LogP contribution in [0.3, 0.4) is 0 Å². The molecule has 0 aliphatic heterocycles. The van der Waals surface area contributed by atoms with Crippen molar-refractivity contribution in [2.24, 2.45) is 0 Å². The smallest absolute Gasteiger partial charge is 0.186 e. The summed E-state index contributed by atoms with van der Waals surface area (Å²) in [5, 5.41) is 9.38. The molecule has 0 saturated heterocycles. The van der Waals surface area contributed by atoms with Crippen molar-refractivity contribution in [2.45, 2.75) is 5.92 Å². The van der Waals surface area contributed by atoms with Gasteiger partial charge in [0.2, 0.25) is 0 Å². The van der Waals surface area contributed by atoms with E-state index in [2.05, 4.69) is 37.9 Å². The highest BCUT2D eigenvalue weighted by molar-refractivity contribution is 9.12. The lowest BCUT2D eigenvalue weighted by molar-refractivity contribution is 0.0977. The van der Waals surface area contributed by atoms with Crippen LogP contribution in [-0.2, 0) is 0 Å². The van der Waals surface area contributed by atoms with Crippen molar-refractivity contribution in [1.82, 2.24) is 0 Å². The molecule has 2 rings (SSSR count). The zero-order chi connectivity index (χ0) is 14.7. The maximum atomic E-state index is 12.6. The van der Waals surface area contributed by atoms with Gasteiger partial charge in [0.1, 0.15) is 11.7 Å². The van der Waals surface area contributed by atoms with E-state index in [1.165, 1.54) is 18.4 Å². The number of ketones is 1. The molecule has 1 atom stereocenters. The standard InChI is InChI=1S/C14H9Br2NO2S/c1-19-11-5-3-2-4-8(11)10(7-17)13(18)9-6-12(15)20-14(9)16/h2-6,10H,1H3. The van der Waals surface area contributed by atoms with Gasteiger partial charge in [0.25, 0.3) is 0 Å². The predicted octanol–water partition coefficient (Wildman–Crippen LogP) is 4.77. The van der Waals surface area contributed by atoms with Crippen LogP contribution in [-0.4, -0.2) is 12.9 Å². The molecule has 3 nitrogen and oxygen atoms in total. The van der Waals surface area contributed by atoms with E-state index < -0.39 is 5.92 Å². The summed E-state index contributed by atoms with van der Waals surface area (Å²) in [6, 6.07) is 10.9. The van der Waals surface area contributed by atoms with Crippen LogP contribution >= 0.6 is 43.2 Å². The van der Waals surface area contributed by atoms with E-state index in [1.807, 2.05) is 0 Å². The summed E-state index contributed by atoms with van der Waals surface area (Å²) in [5.74, 6) is -0.590. The van der Waals surface area contributed by atoms with Gasteiger partial charge in [0.05, 0.1) is 20.8 Å². The van der Waals surface area contributed by atoms with Gasteiger partial charge in [-0.25, -0.2) is 0 Å². The molecule has 2 aromatic rings. The molecule has 0 N–H and O–H groups in total. The first-order valence-corrected chi connectivity index (χ1v) is 8.00. The number of thiophene rings is 1. The number of carbonyl (C=O) groups is 1. The highest BCUT2D eigenvalue weighted by Gasteiger charge is 2.27. The predicted molar refractivity (Wildman–Crippen MR) is 85.4 cm³/mol. The first-order chi connectivity index (χ1) is 9.58. The van der Waals surface area contributed by atoms with Gasteiger partial charge in [-0.2, -0.15) is 5.26 Å². The van der Waals surface area contributed by atoms with Crippen LogP contribution < -0.4 is 4.74 Å². The third-order valence-electron chi connectivity index (χ3n) is 2.76. The molecule has 0 aliphatic carbocycles. The van der Waals surface area contributed by atoms with E-state index >= 15 is 0 Å². The quantitative estimate of drug-likeness (QED) is 0.677. The molecule has 1 aromatic carbocycles. The molecular weight excluding hydrogens is 406 g/mol. The van der Waals surface area contributed by atoms with Gasteiger partial charge in [-0.05, 0) is 44.0 Å². The average Bonchev–Trinajstić information content (AvgIpc) is 2.79. The van der Waals surface area contributed by atoms with Gasteiger partial charge >= 0.3 is 0 Å². The fourth-order valence-electron chi connectivity index (χ4n) is 1.84. The van der Waals surface area contributed by atoms with Gasteiger partial charge in [-0.15, -0.1) is 11.3 Å². The number of hydrogen-bond acceptors (Lipinski definition) is 4. The molecule has 102 valence electrons. The highest BCUT2D eigenvalue weighted by Crippen LogP contribution is 2.36. The van der Waals surface area contributed by atoms with E-state index in [0.29, 0.717) is 20.7 Å².